The number of carboxylic acids is 1. The number of hydrogen-bond acceptors (Lipinski definition) is 2. The molecule has 0 saturated heterocycles. The molecular formula is C12H13BrO2S. The molecule has 1 saturated carbocycles. The van der Waals surface area contributed by atoms with E-state index in [0.29, 0.717) is 0 Å². The van der Waals surface area contributed by atoms with E-state index in [1.165, 1.54) is 4.90 Å². The molecule has 0 bridgehead atoms. The molecule has 4 heteroatoms. The first-order chi connectivity index (χ1) is 7.57. The number of halogens is 1. The molecule has 0 heterocycles. The van der Waals surface area contributed by atoms with Gasteiger partial charge in [0.05, 0.1) is 6.42 Å². The van der Waals surface area contributed by atoms with E-state index in [4.69, 9.17) is 5.11 Å². The Kier molecular flexibility index (Phi) is 3.31. The Morgan fingerprint density at radius 2 is 2.25 bits per heavy atom. The van der Waals surface area contributed by atoms with Crippen molar-refractivity contribution in [1.82, 2.24) is 0 Å². The van der Waals surface area contributed by atoms with E-state index in [2.05, 4.69) is 34.1 Å². The molecule has 0 aliphatic heterocycles. The van der Waals surface area contributed by atoms with Crippen LogP contribution in [0.2, 0.25) is 0 Å². The minimum Gasteiger partial charge on any atom is -0.481 e. The second-order valence-electron chi connectivity index (χ2n) is 4.20. The van der Waals surface area contributed by atoms with Crippen LogP contribution in [0.3, 0.4) is 0 Å². The molecule has 1 aliphatic carbocycles. The van der Waals surface area contributed by atoms with Gasteiger partial charge in [0.2, 0.25) is 0 Å². The maximum Gasteiger partial charge on any atom is 0.304 e. The molecule has 0 atom stereocenters. The van der Waals surface area contributed by atoms with Gasteiger partial charge >= 0.3 is 5.97 Å². The minimum absolute atomic E-state index is 0.0920. The summed E-state index contributed by atoms with van der Waals surface area (Å²) < 4.78 is 1.06. The monoisotopic (exact) mass is 300 g/mol. The fourth-order valence-corrected chi connectivity index (χ4v) is 3.33. The zero-order chi connectivity index (χ0) is 11.8. The number of hydrogen-bond donors (Lipinski definition) is 1. The lowest BCUT2D eigenvalue weighted by molar-refractivity contribution is -0.137. The molecule has 1 N–H and O–H groups in total. The molecule has 1 aliphatic rings. The van der Waals surface area contributed by atoms with Crippen molar-refractivity contribution in [2.75, 3.05) is 6.26 Å². The maximum absolute atomic E-state index is 10.8. The van der Waals surface area contributed by atoms with Gasteiger partial charge in [-0.1, -0.05) is 6.07 Å². The molecule has 2 rings (SSSR count). The minimum atomic E-state index is -0.706. The predicted octanol–water partition coefficient (Wildman–Crippen LogP) is 3.68. The number of carboxylic acid groups (broad SMARTS) is 1. The Morgan fingerprint density at radius 1 is 1.56 bits per heavy atom. The Bertz CT molecular complexity index is 427. The predicted molar refractivity (Wildman–Crippen MR) is 69.1 cm³/mol. The van der Waals surface area contributed by atoms with Gasteiger partial charge in [0.1, 0.15) is 0 Å². The molecule has 86 valence electrons. The van der Waals surface area contributed by atoms with Crippen molar-refractivity contribution < 1.29 is 9.90 Å². The average molecular weight is 301 g/mol. The number of benzene rings is 1. The van der Waals surface area contributed by atoms with Crippen molar-refractivity contribution in [3.05, 3.63) is 28.2 Å². The number of aliphatic carboxylic acids is 1. The third kappa shape index (κ3) is 2.28. The molecule has 16 heavy (non-hydrogen) atoms. The molecule has 2 nitrogen and oxygen atoms in total. The van der Waals surface area contributed by atoms with Gasteiger partial charge in [-0.05, 0) is 52.7 Å². The SMILES string of the molecule is CSc1ccc(C2(CC(=O)O)CC2)cc1Br. The highest BCUT2D eigenvalue weighted by Crippen LogP contribution is 2.51. The van der Waals surface area contributed by atoms with E-state index in [0.717, 1.165) is 22.9 Å². The van der Waals surface area contributed by atoms with E-state index in [1.54, 1.807) is 11.8 Å². The third-order valence-electron chi connectivity index (χ3n) is 3.11. The van der Waals surface area contributed by atoms with E-state index < -0.39 is 5.97 Å². The van der Waals surface area contributed by atoms with Crippen molar-refractivity contribution in [1.29, 1.82) is 0 Å². The van der Waals surface area contributed by atoms with Crippen molar-refractivity contribution in [3.8, 4) is 0 Å². The smallest absolute Gasteiger partial charge is 0.304 e. The largest absolute Gasteiger partial charge is 0.481 e. The molecular weight excluding hydrogens is 288 g/mol. The van der Waals surface area contributed by atoms with Crippen molar-refractivity contribution in [2.24, 2.45) is 0 Å². The van der Waals surface area contributed by atoms with E-state index in [1.807, 2.05) is 6.26 Å². The fraction of sp³-hybridized carbons (Fsp3) is 0.417. The van der Waals surface area contributed by atoms with Gasteiger partial charge < -0.3 is 5.11 Å². The van der Waals surface area contributed by atoms with Gasteiger partial charge in [0.15, 0.2) is 0 Å². The highest BCUT2D eigenvalue weighted by molar-refractivity contribution is 9.10. The van der Waals surface area contributed by atoms with Gasteiger partial charge in [-0.25, -0.2) is 0 Å². The summed E-state index contributed by atoms with van der Waals surface area (Å²) in [6, 6.07) is 6.19. The molecule has 0 spiro atoms. The molecule has 0 unspecified atom stereocenters. The van der Waals surface area contributed by atoms with Crippen LogP contribution < -0.4 is 0 Å². The summed E-state index contributed by atoms with van der Waals surface area (Å²) in [6.07, 6.45) is 4.26. The maximum atomic E-state index is 10.8. The second kappa shape index (κ2) is 4.41. The summed E-state index contributed by atoms with van der Waals surface area (Å²) in [5.74, 6) is -0.706. The van der Waals surface area contributed by atoms with Crippen molar-refractivity contribution >= 4 is 33.7 Å². The fourth-order valence-electron chi connectivity index (χ4n) is 2.00. The van der Waals surface area contributed by atoms with E-state index in [9.17, 15) is 4.79 Å². The normalized spacial score (nSPS) is 17.1. The third-order valence-corrected chi connectivity index (χ3v) is 4.82. The van der Waals surface area contributed by atoms with Crippen molar-refractivity contribution in [2.45, 2.75) is 29.6 Å². The molecule has 0 aromatic heterocycles. The number of rotatable bonds is 4. The van der Waals surface area contributed by atoms with Crippen LogP contribution in [0.15, 0.2) is 27.6 Å². The Balaban J connectivity index is 2.28. The first kappa shape index (κ1) is 12.0. The summed E-state index contributed by atoms with van der Waals surface area (Å²) >= 11 is 5.21. The van der Waals surface area contributed by atoms with Gasteiger partial charge in [0, 0.05) is 14.8 Å². The summed E-state index contributed by atoms with van der Waals surface area (Å²) in [4.78, 5) is 12.0. The molecule has 0 amide bonds. The van der Waals surface area contributed by atoms with Crippen LogP contribution in [-0.2, 0) is 10.2 Å². The lowest BCUT2D eigenvalue weighted by Crippen LogP contribution is -2.12. The summed E-state index contributed by atoms with van der Waals surface area (Å²) in [5, 5.41) is 8.90. The van der Waals surface area contributed by atoms with Gasteiger partial charge in [-0.3, -0.25) is 4.79 Å². The van der Waals surface area contributed by atoms with Gasteiger partial charge in [-0.15, -0.1) is 11.8 Å². The van der Waals surface area contributed by atoms with E-state index in [-0.39, 0.29) is 11.8 Å². The van der Waals surface area contributed by atoms with Gasteiger partial charge in [0.25, 0.3) is 0 Å². The van der Waals surface area contributed by atoms with Crippen molar-refractivity contribution in [3.63, 3.8) is 0 Å². The summed E-state index contributed by atoms with van der Waals surface area (Å²) in [5.41, 5.74) is 1.06. The first-order valence-corrected chi connectivity index (χ1v) is 7.15. The Hall–Kier alpha value is -0.480. The highest BCUT2D eigenvalue weighted by atomic mass is 79.9. The second-order valence-corrected chi connectivity index (χ2v) is 5.90. The molecule has 1 aromatic rings. The number of thioether (sulfide) groups is 1. The first-order valence-electron chi connectivity index (χ1n) is 5.13. The van der Waals surface area contributed by atoms with Crippen LogP contribution in [0.1, 0.15) is 24.8 Å². The van der Waals surface area contributed by atoms with Crippen LogP contribution in [0, 0.1) is 0 Å². The quantitative estimate of drug-likeness (QED) is 0.862. The standard InChI is InChI=1S/C12H13BrO2S/c1-16-10-3-2-8(6-9(10)13)12(4-5-12)7-11(14)15/h2-3,6H,4-5,7H2,1H3,(H,14,15). The van der Waals surface area contributed by atoms with Crippen LogP contribution in [0.25, 0.3) is 0 Å². The summed E-state index contributed by atoms with van der Waals surface area (Å²) in [7, 11) is 0. The lowest BCUT2D eigenvalue weighted by Gasteiger charge is -2.14. The Labute approximate surface area is 108 Å². The van der Waals surface area contributed by atoms with Crippen LogP contribution in [-0.4, -0.2) is 17.3 Å². The molecule has 1 aromatic carbocycles. The zero-order valence-electron chi connectivity index (χ0n) is 9.00. The van der Waals surface area contributed by atoms with Gasteiger partial charge in [-0.2, -0.15) is 0 Å². The van der Waals surface area contributed by atoms with E-state index >= 15 is 0 Å². The van der Waals surface area contributed by atoms with Crippen LogP contribution in [0.4, 0.5) is 0 Å². The highest BCUT2D eigenvalue weighted by Gasteiger charge is 2.46. The zero-order valence-corrected chi connectivity index (χ0v) is 11.4. The topological polar surface area (TPSA) is 37.3 Å². The molecule has 0 radical (unpaired) electrons. The summed E-state index contributed by atoms with van der Waals surface area (Å²) in [6.45, 7) is 0. The Morgan fingerprint density at radius 3 is 2.69 bits per heavy atom. The lowest BCUT2D eigenvalue weighted by atomic mass is 9.93. The van der Waals surface area contributed by atoms with Crippen LogP contribution >= 0.6 is 27.7 Å². The molecule has 1 fully saturated rings. The average Bonchev–Trinajstić information content (AvgIpc) is 2.98. The number of carbonyl (C=O) groups is 1. The van der Waals surface area contributed by atoms with Crippen LogP contribution in [0.5, 0.6) is 0 Å².